The maximum atomic E-state index is 15.4. The molecule has 0 aliphatic carbocycles. The van der Waals surface area contributed by atoms with Crippen LogP contribution in [0.1, 0.15) is 70.4 Å². The van der Waals surface area contributed by atoms with Crippen LogP contribution in [-0.2, 0) is 56.5 Å². The van der Waals surface area contributed by atoms with Crippen LogP contribution in [0.2, 0.25) is 10.0 Å². The van der Waals surface area contributed by atoms with Crippen molar-refractivity contribution in [1.29, 1.82) is 5.26 Å². The van der Waals surface area contributed by atoms with Crippen molar-refractivity contribution in [3.8, 4) is 40.0 Å². The number of nitrogens with zero attached hydrogens (tertiary/aromatic N) is 9. The number of aryl methyl sites for hydroxylation is 1. The van der Waals surface area contributed by atoms with Gasteiger partial charge in [-0.15, -0.1) is 0 Å². The Kier molecular flexibility index (Phi) is 15.3. The second kappa shape index (κ2) is 23.2. The molecule has 16 nitrogen and oxygen atoms in total. The number of halogens is 2. The molecule has 0 N–H and O–H groups in total. The summed E-state index contributed by atoms with van der Waals surface area (Å²) in [7, 11) is 5.49. The molecule has 0 spiro atoms. The maximum Gasteiger partial charge on any atom is 0.345 e. The molecule has 4 aromatic heterocycles. The molecule has 18 heteroatoms. The Morgan fingerprint density at radius 2 is 1.12 bits per heavy atom. The zero-order chi connectivity index (χ0) is 59.7. The van der Waals surface area contributed by atoms with E-state index in [1.165, 1.54) is 11.1 Å². The van der Waals surface area contributed by atoms with Gasteiger partial charge in [0.25, 0.3) is 17.4 Å². The first-order valence-electron chi connectivity index (χ1n) is 29.2. The number of benzene rings is 5. The van der Waals surface area contributed by atoms with Crippen molar-refractivity contribution in [1.82, 2.24) is 37.9 Å². The van der Waals surface area contributed by atoms with Gasteiger partial charge in [0.1, 0.15) is 17.5 Å². The topological polar surface area (TPSA) is 152 Å². The van der Waals surface area contributed by atoms with E-state index in [1.54, 1.807) is 89.0 Å². The van der Waals surface area contributed by atoms with Crippen molar-refractivity contribution in [2.24, 2.45) is 21.1 Å². The lowest BCUT2D eigenvalue weighted by Gasteiger charge is -2.40. The predicted molar refractivity (Wildman–Crippen MR) is 333 cm³/mol. The number of carbonyl (C=O) groups is 3. The highest BCUT2D eigenvalue weighted by molar-refractivity contribution is 6.31. The van der Waals surface area contributed by atoms with Gasteiger partial charge in [0, 0.05) is 146 Å². The van der Waals surface area contributed by atoms with Crippen LogP contribution in [0.25, 0.3) is 50.0 Å². The summed E-state index contributed by atoms with van der Waals surface area (Å²) in [6.45, 7) is 11.7. The smallest absolute Gasteiger partial charge is 0.345 e. The summed E-state index contributed by atoms with van der Waals surface area (Å²) in [5.74, 6) is -0.726. The standard InChI is InChI=1S/C68H65Cl2N9O7/c1-41-55(34-62(73(41)4)56-30-47(69)14-17-53(56)65(80)77-37-45-12-8-6-10-43(45)28-50(77)39-75-20-24-84-25-21-75)68(83)86-52-16-19-60-58(33-52)64-59(67(82)79(60)61-32-49(36-71)72(3)42(61)2)35-63(74(64)5)57-31-48(70)15-18-54(57)66(81)78-38-46-13-9-7-11-44(46)29-51(78)40-76-22-26-85-27-23-76/h6-19,30-35,50-51H,20-29,37-40H2,1-5H3/t50-,51-/m0/s1. The summed E-state index contributed by atoms with van der Waals surface area (Å²) in [6, 6.07) is 39.6. The molecule has 4 aliphatic heterocycles. The fraction of sp³-hybridized carbons (Fsp3) is 0.309. The fourth-order valence-corrected chi connectivity index (χ4v) is 13.7. The minimum Gasteiger partial charge on any atom is -0.423 e. The van der Waals surface area contributed by atoms with Crippen LogP contribution in [0.4, 0.5) is 0 Å². The number of nitriles is 1. The third-order valence-electron chi connectivity index (χ3n) is 18.3. The Labute approximate surface area is 508 Å². The van der Waals surface area contributed by atoms with Crippen LogP contribution < -0.4 is 10.3 Å². The minimum atomic E-state index is -0.638. The molecule has 5 aromatic carbocycles. The molecule has 13 rings (SSSR count). The fourth-order valence-electron chi connectivity index (χ4n) is 13.4. The first-order valence-corrected chi connectivity index (χ1v) is 30.0. The van der Waals surface area contributed by atoms with E-state index >= 15 is 14.4 Å². The van der Waals surface area contributed by atoms with Crippen LogP contribution in [0.3, 0.4) is 0 Å². The second-order valence-corrected chi connectivity index (χ2v) is 24.0. The number of pyridine rings is 1. The quantitative estimate of drug-likeness (QED) is 0.0904. The van der Waals surface area contributed by atoms with Crippen molar-refractivity contribution in [2.45, 2.75) is 51.9 Å². The van der Waals surface area contributed by atoms with Crippen LogP contribution in [0, 0.1) is 25.2 Å². The Morgan fingerprint density at radius 1 is 0.593 bits per heavy atom. The molecule has 9 aromatic rings. The van der Waals surface area contributed by atoms with Gasteiger partial charge in [0.15, 0.2) is 0 Å². The third-order valence-corrected chi connectivity index (χ3v) is 18.8. The Bertz CT molecular complexity index is 4330. The minimum absolute atomic E-state index is 0.0901. The van der Waals surface area contributed by atoms with Gasteiger partial charge in [-0.25, -0.2) is 4.79 Å². The number of fused-ring (bicyclic) bond motifs is 5. The van der Waals surface area contributed by atoms with E-state index in [-0.39, 0.29) is 40.8 Å². The molecular formula is C68H65Cl2N9O7. The van der Waals surface area contributed by atoms with Gasteiger partial charge in [0.2, 0.25) is 0 Å². The lowest BCUT2D eigenvalue weighted by molar-refractivity contribution is 0.0190. The normalized spacial score (nSPS) is 17.4. The lowest BCUT2D eigenvalue weighted by Crippen LogP contribution is -2.52. The van der Waals surface area contributed by atoms with Gasteiger partial charge in [-0.3, -0.25) is 28.8 Å². The first kappa shape index (κ1) is 56.8. The van der Waals surface area contributed by atoms with Gasteiger partial charge in [-0.1, -0.05) is 71.7 Å². The van der Waals surface area contributed by atoms with E-state index in [1.807, 2.05) is 65.1 Å². The maximum absolute atomic E-state index is 15.4. The molecule has 2 amide bonds. The molecule has 0 radical (unpaired) electrons. The van der Waals surface area contributed by atoms with Gasteiger partial charge >= 0.3 is 5.97 Å². The number of morpholine rings is 2. The highest BCUT2D eigenvalue weighted by Crippen LogP contribution is 2.39. The summed E-state index contributed by atoms with van der Waals surface area (Å²) in [6.07, 6.45) is 1.41. The zero-order valence-corrected chi connectivity index (χ0v) is 50.3. The van der Waals surface area contributed by atoms with Crippen LogP contribution in [0.5, 0.6) is 5.75 Å². The predicted octanol–water partition coefficient (Wildman–Crippen LogP) is 10.3. The lowest BCUT2D eigenvalue weighted by atomic mass is 9.92. The van der Waals surface area contributed by atoms with Crippen molar-refractivity contribution >= 4 is 62.8 Å². The zero-order valence-electron chi connectivity index (χ0n) is 48.7. The highest BCUT2D eigenvalue weighted by atomic mass is 35.5. The third kappa shape index (κ3) is 10.3. The highest BCUT2D eigenvalue weighted by Gasteiger charge is 2.36. The number of esters is 1. The molecule has 2 atom stereocenters. The van der Waals surface area contributed by atoms with Crippen LogP contribution >= 0.6 is 23.2 Å². The monoisotopic (exact) mass is 1190 g/mol. The number of hydrogen-bond donors (Lipinski definition) is 0. The van der Waals surface area contributed by atoms with Gasteiger partial charge in [-0.2, -0.15) is 5.26 Å². The van der Waals surface area contributed by atoms with E-state index < -0.39 is 5.97 Å². The Morgan fingerprint density at radius 3 is 1.64 bits per heavy atom. The number of amides is 2. The van der Waals surface area contributed by atoms with Gasteiger partial charge in [0.05, 0.1) is 54.1 Å². The Balaban J connectivity index is 0.879. The molecule has 0 unspecified atom stereocenters. The second-order valence-electron chi connectivity index (χ2n) is 23.1. The molecule has 8 heterocycles. The number of hydrogen-bond acceptors (Lipinski definition) is 10. The molecule has 0 bridgehead atoms. The number of ether oxygens (including phenoxy) is 3. The van der Waals surface area contributed by atoms with Gasteiger partial charge < -0.3 is 37.7 Å². The largest absolute Gasteiger partial charge is 0.423 e. The Hall–Kier alpha value is -8.27. The first-order chi connectivity index (χ1) is 41.6. The summed E-state index contributed by atoms with van der Waals surface area (Å²) >= 11 is 13.6. The summed E-state index contributed by atoms with van der Waals surface area (Å²) in [5, 5.41) is 11.9. The summed E-state index contributed by atoms with van der Waals surface area (Å²) in [5.41, 5.74) is 11.0. The van der Waals surface area contributed by atoms with Crippen molar-refractivity contribution in [2.75, 3.05) is 65.7 Å². The molecule has 438 valence electrons. The molecule has 2 fully saturated rings. The molecule has 2 saturated heterocycles. The average molecular weight is 1190 g/mol. The van der Waals surface area contributed by atoms with E-state index in [0.717, 1.165) is 37.3 Å². The molecular weight excluding hydrogens is 1130 g/mol. The van der Waals surface area contributed by atoms with Crippen LogP contribution in [0.15, 0.2) is 126 Å². The number of aromatic nitrogens is 4. The van der Waals surface area contributed by atoms with Crippen molar-refractivity contribution in [3.05, 3.63) is 198 Å². The van der Waals surface area contributed by atoms with Crippen molar-refractivity contribution < 1.29 is 28.6 Å². The molecule has 4 aliphatic rings. The summed E-state index contributed by atoms with van der Waals surface area (Å²) in [4.78, 5) is 69.4. The number of carbonyl (C=O) groups excluding carboxylic acids is 3. The van der Waals surface area contributed by atoms with E-state index in [2.05, 4.69) is 46.2 Å². The SMILES string of the molecule is Cc1c(-n2c(=O)c3cc(-c4cc(Cl)ccc4C(=O)N4Cc5ccccc5C[C@H]4CN4CCOCC4)n(C)c3c3cc(OC(=O)c4cc(-c5cc(Cl)ccc5C(=O)N5Cc6ccccc6C[C@H]5CN5CCOCC5)n(C)c4C)ccc32)cc(C#N)n1C. The van der Waals surface area contributed by atoms with Crippen LogP contribution in [-0.4, -0.2) is 133 Å². The van der Waals surface area contributed by atoms with E-state index in [4.69, 9.17) is 37.4 Å². The number of rotatable bonds is 11. The molecule has 0 saturated carbocycles. The van der Waals surface area contributed by atoms with Crippen molar-refractivity contribution in [3.63, 3.8) is 0 Å². The van der Waals surface area contributed by atoms with Gasteiger partial charge in [-0.05, 0) is 122 Å². The molecule has 86 heavy (non-hydrogen) atoms. The van der Waals surface area contributed by atoms with E-state index in [0.29, 0.717) is 154 Å². The average Bonchev–Trinajstić information content (AvgIpc) is 2.27. The summed E-state index contributed by atoms with van der Waals surface area (Å²) < 4.78 is 24.8. The van der Waals surface area contributed by atoms with E-state index in [9.17, 15) is 10.1 Å².